The average molecular weight is 232 g/mol. The third kappa shape index (κ3) is 2.74. The van der Waals surface area contributed by atoms with Crippen molar-refractivity contribution in [2.45, 2.75) is 6.42 Å². The molecule has 0 aliphatic carbocycles. The number of amides is 1. The van der Waals surface area contributed by atoms with Crippen molar-refractivity contribution in [2.24, 2.45) is 0 Å². The first-order valence-electron chi connectivity index (χ1n) is 5.36. The smallest absolute Gasteiger partial charge is 0.283 e. The molecular formula is C12H12N2O3. The monoisotopic (exact) mass is 232 g/mol. The largest absolute Gasteiger partial charge is 0.482 e. The fourth-order valence-electron chi connectivity index (χ4n) is 1.54. The maximum absolute atomic E-state index is 11.6. The lowest BCUT2D eigenvalue weighted by atomic mass is 10.2. The van der Waals surface area contributed by atoms with Crippen LogP contribution in [0.4, 0.5) is 0 Å². The molecule has 1 saturated heterocycles. The number of ether oxygens (including phenoxy) is 1. The number of rotatable bonds is 3. The first-order valence-corrected chi connectivity index (χ1v) is 5.36. The average Bonchev–Trinajstić information content (AvgIpc) is 2.90. The Morgan fingerprint density at radius 3 is 3.06 bits per heavy atom. The van der Waals surface area contributed by atoms with Crippen LogP contribution in [-0.2, 0) is 9.63 Å². The van der Waals surface area contributed by atoms with Gasteiger partial charge in [-0.25, -0.2) is 5.06 Å². The Morgan fingerprint density at radius 2 is 2.35 bits per heavy atom. The van der Waals surface area contributed by atoms with Gasteiger partial charge in [0.05, 0.1) is 18.7 Å². The summed E-state index contributed by atoms with van der Waals surface area (Å²) < 4.78 is 5.31. The molecule has 1 fully saturated rings. The Kier molecular flexibility index (Phi) is 3.58. The lowest BCUT2D eigenvalue weighted by molar-refractivity contribution is -0.170. The number of nitrogens with zero attached hydrogens (tertiary/aromatic N) is 2. The van der Waals surface area contributed by atoms with Gasteiger partial charge >= 0.3 is 0 Å². The molecule has 5 heteroatoms. The second-order valence-electron chi connectivity index (χ2n) is 3.58. The SMILES string of the molecule is N#Cc1ccccc1OCC(=O)N1CCCO1. The summed E-state index contributed by atoms with van der Waals surface area (Å²) in [6.07, 6.45) is 0.848. The Bertz CT molecular complexity index is 447. The number of hydrogen-bond acceptors (Lipinski definition) is 4. The van der Waals surface area contributed by atoms with Gasteiger partial charge in [0.15, 0.2) is 6.61 Å². The Hall–Kier alpha value is -2.06. The molecule has 0 aromatic heterocycles. The second-order valence-corrected chi connectivity index (χ2v) is 3.58. The molecule has 1 heterocycles. The summed E-state index contributed by atoms with van der Waals surface area (Å²) in [5.74, 6) is 0.192. The van der Waals surface area contributed by atoms with Crippen LogP contribution < -0.4 is 4.74 Å². The highest BCUT2D eigenvalue weighted by Crippen LogP contribution is 2.16. The molecule has 1 aromatic rings. The lowest BCUT2D eigenvalue weighted by Gasteiger charge is -2.14. The van der Waals surface area contributed by atoms with E-state index in [-0.39, 0.29) is 12.5 Å². The third-order valence-corrected chi connectivity index (χ3v) is 2.39. The summed E-state index contributed by atoms with van der Waals surface area (Å²) in [5.41, 5.74) is 0.419. The van der Waals surface area contributed by atoms with Gasteiger partial charge in [-0.1, -0.05) is 12.1 Å². The van der Waals surface area contributed by atoms with Crippen molar-refractivity contribution >= 4 is 5.91 Å². The van der Waals surface area contributed by atoms with Crippen LogP contribution in [0.15, 0.2) is 24.3 Å². The molecule has 0 spiro atoms. The highest BCUT2D eigenvalue weighted by atomic mass is 16.7. The van der Waals surface area contributed by atoms with E-state index in [0.717, 1.165) is 6.42 Å². The molecule has 0 radical (unpaired) electrons. The number of para-hydroxylation sites is 1. The number of benzene rings is 1. The van der Waals surface area contributed by atoms with E-state index in [1.54, 1.807) is 24.3 Å². The molecule has 5 nitrogen and oxygen atoms in total. The molecule has 0 saturated carbocycles. The van der Waals surface area contributed by atoms with Crippen LogP contribution in [0.3, 0.4) is 0 Å². The topological polar surface area (TPSA) is 62.6 Å². The zero-order chi connectivity index (χ0) is 12.1. The van der Waals surface area contributed by atoms with Crippen molar-refractivity contribution in [3.05, 3.63) is 29.8 Å². The quantitative estimate of drug-likeness (QED) is 0.782. The van der Waals surface area contributed by atoms with Gasteiger partial charge in [0.2, 0.25) is 0 Å². The molecule has 1 amide bonds. The predicted molar refractivity (Wildman–Crippen MR) is 58.9 cm³/mol. The van der Waals surface area contributed by atoms with E-state index in [9.17, 15) is 4.79 Å². The molecule has 17 heavy (non-hydrogen) atoms. The Morgan fingerprint density at radius 1 is 1.53 bits per heavy atom. The van der Waals surface area contributed by atoms with Gasteiger partial charge in [-0.2, -0.15) is 5.26 Å². The zero-order valence-corrected chi connectivity index (χ0v) is 9.26. The van der Waals surface area contributed by atoms with Crippen molar-refractivity contribution in [2.75, 3.05) is 19.8 Å². The minimum Gasteiger partial charge on any atom is -0.482 e. The third-order valence-electron chi connectivity index (χ3n) is 2.39. The number of hydroxylamine groups is 2. The molecule has 88 valence electrons. The van der Waals surface area contributed by atoms with Gasteiger partial charge in [-0.3, -0.25) is 9.63 Å². The standard InChI is InChI=1S/C12H12N2O3/c13-8-10-4-1-2-5-11(10)16-9-12(15)14-6-3-7-17-14/h1-2,4-5H,3,6-7,9H2. The van der Waals surface area contributed by atoms with E-state index in [4.69, 9.17) is 14.8 Å². The highest BCUT2D eigenvalue weighted by Gasteiger charge is 2.19. The fraction of sp³-hybridized carbons (Fsp3) is 0.333. The summed E-state index contributed by atoms with van der Waals surface area (Å²) in [6, 6.07) is 8.82. The summed E-state index contributed by atoms with van der Waals surface area (Å²) in [6.45, 7) is 1.06. The van der Waals surface area contributed by atoms with Crippen LogP contribution in [0.5, 0.6) is 5.75 Å². The van der Waals surface area contributed by atoms with Gasteiger partial charge in [-0.15, -0.1) is 0 Å². The van der Waals surface area contributed by atoms with Gasteiger partial charge in [0.25, 0.3) is 5.91 Å². The number of nitriles is 1. The van der Waals surface area contributed by atoms with Crippen LogP contribution in [0.2, 0.25) is 0 Å². The molecule has 2 rings (SSSR count). The van der Waals surface area contributed by atoms with E-state index in [0.29, 0.717) is 24.5 Å². The number of carbonyl (C=O) groups excluding carboxylic acids is 1. The van der Waals surface area contributed by atoms with E-state index < -0.39 is 0 Å². The van der Waals surface area contributed by atoms with Crippen LogP contribution in [0.25, 0.3) is 0 Å². The lowest BCUT2D eigenvalue weighted by Crippen LogP contribution is -2.31. The summed E-state index contributed by atoms with van der Waals surface area (Å²) in [4.78, 5) is 16.7. The molecule has 0 unspecified atom stereocenters. The fourth-order valence-corrected chi connectivity index (χ4v) is 1.54. The van der Waals surface area contributed by atoms with E-state index in [1.807, 2.05) is 6.07 Å². The first-order chi connectivity index (χ1) is 8.31. The van der Waals surface area contributed by atoms with Crippen molar-refractivity contribution < 1.29 is 14.4 Å². The number of hydrogen-bond donors (Lipinski definition) is 0. The van der Waals surface area contributed by atoms with E-state index in [2.05, 4.69) is 0 Å². The predicted octanol–water partition coefficient (Wildman–Crippen LogP) is 1.10. The normalized spacial score (nSPS) is 14.4. The summed E-state index contributed by atoms with van der Waals surface area (Å²) >= 11 is 0. The molecule has 1 aromatic carbocycles. The first kappa shape index (κ1) is 11.4. The molecular weight excluding hydrogens is 220 g/mol. The second kappa shape index (κ2) is 5.32. The Balaban J connectivity index is 1.93. The zero-order valence-electron chi connectivity index (χ0n) is 9.26. The van der Waals surface area contributed by atoms with Crippen LogP contribution in [-0.4, -0.2) is 30.7 Å². The van der Waals surface area contributed by atoms with Gasteiger partial charge < -0.3 is 4.74 Å². The molecule has 0 N–H and O–H groups in total. The van der Waals surface area contributed by atoms with Gasteiger partial charge in [0, 0.05) is 0 Å². The molecule has 1 aliphatic rings. The minimum absolute atomic E-state index is 0.112. The molecule has 1 aliphatic heterocycles. The summed E-state index contributed by atoms with van der Waals surface area (Å²) in [7, 11) is 0. The summed E-state index contributed by atoms with van der Waals surface area (Å²) in [5, 5.41) is 10.1. The van der Waals surface area contributed by atoms with Crippen LogP contribution >= 0.6 is 0 Å². The maximum Gasteiger partial charge on any atom is 0.283 e. The van der Waals surface area contributed by atoms with Gasteiger partial charge in [0.1, 0.15) is 11.8 Å². The van der Waals surface area contributed by atoms with Gasteiger partial charge in [-0.05, 0) is 18.6 Å². The van der Waals surface area contributed by atoms with Crippen molar-refractivity contribution in [1.82, 2.24) is 5.06 Å². The molecule has 0 atom stereocenters. The Labute approximate surface area is 99.1 Å². The van der Waals surface area contributed by atoms with Crippen molar-refractivity contribution in [3.8, 4) is 11.8 Å². The van der Waals surface area contributed by atoms with Crippen molar-refractivity contribution in [3.63, 3.8) is 0 Å². The molecule has 0 bridgehead atoms. The van der Waals surface area contributed by atoms with Crippen molar-refractivity contribution in [1.29, 1.82) is 5.26 Å². The van der Waals surface area contributed by atoms with Crippen LogP contribution in [0.1, 0.15) is 12.0 Å². The van der Waals surface area contributed by atoms with E-state index in [1.165, 1.54) is 5.06 Å². The maximum atomic E-state index is 11.6. The number of carbonyl (C=O) groups is 1. The minimum atomic E-state index is -0.227. The van der Waals surface area contributed by atoms with E-state index >= 15 is 0 Å². The highest BCUT2D eigenvalue weighted by molar-refractivity contribution is 5.76. The van der Waals surface area contributed by atoms with Crippen LogP contribution in [0, 0.1) is 11.3 Å².